The zero-order chi connectivity index (χ0) is 20.1. The molecular weight excluding hydrogens is 386 g/mol. The average molecular weight is 406 g/mol. The van der Waals surface area contributed by atoms with Gasteiger partial charge in [-0.1, -0.05) is 103 Å². The largest absolute Gasteiger partial charge is 0.333 e. The molecule has 0 saturated heterocycles. The molecule has 1 aliphatic carbocycles. The van der Waals surface area contributed by atoms with Crippen LogP contribution in [-0.2, 0) is 0 Å². The molecular formula is C28H20ClN. The summed E-state index contributed by atoms with van der Waals surface area (Å²) in [6.45, 7) is 0. The lowest BCUT2D eigenvalue weighted by atomic mass is 9.88. The van der Waals surface area contributed by atoms with Crippen molar-refractivity contribution in [3.05, 3.63) is 120 Å². The van der Waals surface area contributed by atoms with Crippen molar-refractivity contribution in [2.75, 3.05) is 4.90 Å². The normalized spacial score (nSPS) is 19.2. The van der Waals surface area contributed by atoms with E-state index in [9.17, 15) is 0 Å². The van der Waals surface area contributed by atoms with E-state index >= 15 is 0 Å². The van der Waals surface area contributed by atoms with E-state index in [0.29, 0.717) is 5.92 Å². The number of hydrogen-bond donors (Lipinski definition) is 0. The molecule has 0 amide bonds. The number of nitrogens with zero attached hydrogens (tertiary/aromatic N) is 1. The van der Waals surface area contributed by atoms with Gasteiger partial charge in [-0.25, -0.2) is 0 Å². The summed E-state index contributed by atoms with van der Waals surface area (Å²) in [4.78, 5) is 2.44. The van der Waals surface area contributed by atoms with E-state index in [1.807, 2.05) is 0 Å². The van der Waals surface area contributed by atoms with Crippen molar-refractivity contribution in [1.29, 1.82) is 0 Å². The van der Waals surface area contributed by atoms with Gasteiger partial charge in [0.15, 0.2) is 0 Å². The van der Waals surface area contributed by atoms with Crippen molar-refractivity contribution < 1.29 is 0 Å². The van der Waals surface area contributed by atoms with Crippen molar-refractivity contribution in [3.63, 3.8) is 0 Å². The Bertz CT molecular complexity index is 1300. The van der Waals surface area contributed by atoms with Gasteiger partial charge < -0.3 is 4.90 Å². The van der Waals surface area contributed by atoms with E-state index in [2.05, 4.69) is 114 Å². The second-order valence-electron chi connectivity index (χ2n) is 7.91. The molecule has 6 rings (SSSR count). The summed E-state index contributed by atoms with van der Waals surface area (Å²) < 4.78 is 0. The van der Waals surface area contributed by atoms with Crippen LogP contribution in [0.15, 0.2) is 109 Å². The van der Waals surface area contributed by atoms with Crippen molar-refractivity contribution in [2.24, 2.45) is 0 Å². The highest BCUT2D eigenvalue weighted by molar-refractivity contribution is 6.36. The lowest BCUT2D eigenvalue weighted by Gasteiger charge is -2.28. The third-order valence-corrected chi connectivity index (χ3v) is 6.58. The number of fused-ring (bicyclic) bond motifs is 5. The summed E-state index contributed by atoms with van der Waals surface area (Å²) in [6.07, 6.45) is 8.94. The number of benzene rings is 4. The monoisotopic (exact) mass is 405 g/mol. The van der Waals surface area contributed by atoms with Gasteiger partial charge >= 0.3 is 0 Å². The standard InChI is InChI=1S/C28H20ClN/c29-25-18-27-28(23-11-5-4-10-22(23)25)24-12-6-7-13-26(24)30(27)21-16-14-20(15-17-21)19-8-2-1-3-9-19/h1-18,24,26H. The SMILES string of the molecule is Clc1cc2c(c3ccccc13)C1C=CC=CC1N2c1ccc(-c2ccccc2)cc1. The van der Waals surface area contributed by atoms with Crippen LogP contribution in [0.4, 0.5) is 11.4 Å². The van der Waals surface area contributed by atoms with E-state index in [0.717, 1.165) is 10.4 Å². The molecule has 0 bridgehead atoms. The molecule has 1 aliphatic heterocycles. The molecule has 2 atom stereocenters. The smallest absolute Gasteiger partial charge is 0.0629 e. The summed E-state index contributed by atoms with van der Waals surface area (Å²) in [5, 5.41) is 3.18. The minimum absolute atomic E-state index is 0.259. The minimum atomic E-state index is 0.259. The number of rotatable bonds is 2. The molecule has 1 heterocycles. The molecule has 2 unspecified atom stereocenters. The number of halogens is 1. The Morgan fingerprint density at radius 1 is 0.667 bits per heavy atom. The molecule has 2 heteroatoms. The topological polar surface area (TPSA) is 3.24 Å². The van der Waals surface area contributed by atoms with Crippen LogP contribution in [0.3, 0.4) is 0 Å². The first kappa shape index (κ1) is 17.6. The molecule has 144 valence electrons. The molecule has 0 aromatic heterocycles. The van der Waals surface area contributed by atoms with Gasteiger partial charge in [0.25, 0.3) is 0 Å². The van der Waals surface area contributed by atoms with E-state index in [-0.39, 0.29) is 6.04 Å². The Balaban J connectivity index is 1.52. The van der Waals surface area contributed by atoms with E-state index in [4.69, 9.17) is 11.6 Å². The zero-order valence-electron chi connectivity index (χ0n) is 16.4. The lowest BCUT2D eigenvalue weighted by Crippen LogP contribution is -2.28. The van der Waals surface area contributed by atoms with Crippen LogP contribution in [0.2, 0.25) is 5.02 Å². The molecule has 4 aromatic rings. The summed E-state index contributed by atoms with van der Waals surface area (Å²) >= 11 is 6.73. The summed E-state index contributed by atoms with van der Waals surface area (Å²) in [5.74, 6) is 0.320. The lowest BCUT2D eigenvalue weighted by molar-refractivity contribution is 0.747. The Labute approximate surface area is 181 Å². The van der Waals surface area contributed by atoms with Gasteiger partial charge in [0.05, 0.1) is 11.1 Å². The number of allylic oxidation sites excluding steroid dienone is 2. The highest BCUT2D eigenvalue weighted by Crippen LogP contribution is 2.51. The summed E-state index contributed by atoms with van der Waals surface area (Å²) in [6, 6.07) is 30.3. The molecule has 0 N–H and O–H groups in total. The quantitative estimate of drug-likeness (QED) is 0.327. The minimum Gasteiger partial charge on any atom is -0.333 e. The van der Waals surface area contributed by atoms with Crippen LogP contribution in [0, 0.1) is 0 Å². The second-order valence-corrected chi connectivity index (χ2v) is 8.31. The maximum absolute atomic E-state index is 6.73. The molecule has 0 fully saturated rings. The van der Waals surface area contributed by atoms with E-state index in [1.54, 1.807) is 0 Å². The second kappa shape index (κ2) is 6.90. The Kier molecular flexibility index (Phi) is 4.04. The summed E-state index contributed by atoms with van der Waals surface area (Å²) in [7, 11) is 0. The Hall–Kier alpha value is -3.29. The fraction of sp³-hybridized carbons (Fsp3) is 0.0714. The fourth-order valence-corrected chi connectivity index (χ4v) is 5.18. The van der Waals surface area contributed by atoms with Crippen molar-refractivity contribution in [2.45, 2.75) is 12.0 Å². The van der Waals surface area contributed by atoms with Gasteiger partial charge in [0.2, 0.25) is 0 Å². The first-order valence-corrected chi connectivity index (χ1v) is 10.7. The van der Waals surface area contributed by atoms with Gasteiger partial charge in [-0.15, -0.1) is 0 Å². The summed E-state index contributed by atoms with van der Waals surface area (Å²) in [5.41, 5.74) is 6.23. The van der Waals surface area contributed by atoms with Gasteiger partial charge in [0.1, 0.15) is 0 Å². The molecule has 0 spiro atoms. The first-order chi connectivity index (χ1) is 14.8. The first-order valence-electron chi connectivity index (χ1n) is 10.3. The molecule has 2 aliphatic rings. The predicted molar refractivity (Wildman–Crippen MR) is 128 cm³/mol. The van der Waals surface area contributed by atoms with Crippen LogP contribution >= 0.6 is 11.6 Å². The average Bonchev–Trinajstić information content (AvgIpc) is 3.14. The fourth-order valence-electron chi connectivity index (χ4n) is 4.92. The van der Waals surface area contributed by atoms with Gasteiger partial charge in [-0.3, -0.25) is 0 Å². The van der Waals surface area contributed by atoms with Gasteiger partial charge in [-0.2, -0.15) is 0 Å². The van der Waals surface area contributed by atoms with Crippen molar-refractivity contribution in [3.8, 4) is 11.1 Å². The van der Waals surface area contributed by atoms with Crippen LogP contribution in [0.25, 0.3) is 21.9 Å². The van der Waals surface area contributed by atoms with Crippen LogP contribution in [-0.4, -0.2) is 6.04 Å². The zero-order valence-corrected chi connectivity index (χ0v) is 17.1. The Morgan fingerprint density at radius 3 is 2.13 bits per heavy atom. The molecule has 30 heavy (non-hydrogen) atoms. The van der Waals surface area contributed by atoms with E-state index in [1.165, 1.54) is 33.5 Å². The van der Waals surface area contributed by atoms with Gasteiger partial charge in [-0.05, 0) is 40.3 Å². The van der Waals surface area contributed by atoms with Gasteiger partial charge in [0, 0.05) is 22.7 Å². The predicted octanol–water partition coefficient (Wildman–Crippen LogP) is 7.89. The number of hydrogen-bond acceptors (Lipinski definition) is 1. The highest BCUT2D eigenvalue weighted by Gasteiger charge is 2.38. The van der Waals surface area contributed by atoms with Crippen LogP contribution in [0.5, 0.6) is 0 Å². The highest BCUT2D eigenvalue weighted by atomic mass is 35.5. The third kappa shape index (κ3) is 2.63. The maximum Gasteiger partial charge on any atom is 0.0629 e. The maximum atomic E-state index is 6.73. The van der Waals surface area contributed by atoms with E-state index < -0.39 is 0 Å². The molecule has 4 aromatic carbocycles. The number of anilines is 2. The van der Waals surface area contributed by atoms with Crippen LogP contribution in [0.1, 0.15) is 11.5 Å². The van der Waals surface area contributed by atoms with Crippen molar-refractivity contribution in [1.82, 2.24) is 0 Å². The third-order valence-electron chi connectivity index (χ3n) is 6.26. The Morgan fingerprint density at radius 2 is 1.33 bits per heavy atom. The molecule has 0 radical (unpaired) electrons. The van der Waals surface area contributed by atoms with Crippen molar-refractivity contribution >= 4 is 33.7 Å². The molecule has 0 saturated carbocycles. The van der Waals surface area contributed by atoms with Crippen LogP contribution < -0.4 is 4.90 Å². The molecule has 1 nitrogen and oxygen atoms in total.